The van der Waals surface area contributed by atoms with Crippen molar-refractivity contribution in [1.29, 1.82) is 0 Å². The Hall–Kier alpha value is -2.11. The molecular formula is C28H40FNO4. The van der Waals surface area contributed by atoms with Gasteiger partial charge in [0, 0.05) is 12.6 Å². The Kier molecular flexibility index (Phi) is 6.99. The summed E-state index contributed by atoms with van der Waals surface area (Å²) < 4.78 is 26.9. The van der Waals surface area contributed by atoms with Gasteiger partial charge in [0.15, 0.2) is 0 Å². The molecule has 1 amide bonds. The quantitative estimate of drug-likeness (QED) is 0.459. The van der Waals surface area contributed by atoms with Gasteiger partial charge in [0.1, 0.15) is 23.2 Å². The van der Waals surface area contributed by atoms with E-state index in [1.54, 1.807) is 26.8 Å². The van der Waals surface area contributed by atoms with Gasteiger partial charge in [-0.2, -0.15) is 0 Å². The van der Waals surface area contributed by atoms with E-state index in [4.69, 9.17) is 9.47 Å². The van der Waals surface area contributed by atoms with Crippen molar-refractivity contribution in [1.82, 2.24) is 4.90 Å². The zero-order chi connectivity index (χ0) is 24.7. The van der Waals surface area contributed by atoms with E-state index in [9.17, 15) is 9.59 Å². The third kappa shape index (κ3) is 5.92. The Morgan fingerprint density at radius 3 is 2.38 bits per heavy atom. The second-order valence-corrected chi connectivity index (χ2v) is 12.3. The average molecular weight is 474 g/mol. The summed E-state index contributed by atoms with van der Waals surface area (Å²) in [4.78, 5) is 27.5. The lowest BCUT2D eigenvalue weighted by Crippen LogP contribution is -2.43. The molecule has 1 aliphatic heterocycles. The molecule has 1 saturated heterocycles. The molecule has 0 spiro atoms. The fourth-order valence-corrected chi connectivity index (χ4v) is 5.19. The van der Waals surface area contributed by atoms with Crippen molar-refractivity contribution in [2.24, 2.45) is 11.3 Å². The van der Waals surface area contributed by atoms with E-state index in [-0.39, 0.29) is 5.56 Å². The number of halogens is 1. The topological polar surface area (TPSA) is 55.8 Å². The second-order valence-electron chi connectivity index (χ2n) is 12.3. The lowest BCUT2D eigenvalue weighted by molar-refractivity contribution is -0.159. The normalized spacial score (nSPS) is 23.1. The highest BCUT2D eigenvalue weighted by molar-refractivity contribution is 5.98. The number of hydrogen-bond donors (Lipinski definition) is 0. The lowest BCUT2D eigenvalue weighted by Gasteiger charge is -2.34. The second kappa shape index (κ2) is 9.50. The first kappa shape index (κ1) is 25.0. The standard InChI is InChI=1S/C28H40FNO4/c1-27(2,3)34-26(32)23-7-6-14-30(23)25(31)21-15-20(19-8-9-19)24(16-22(21)29)33-17-18-10-12-28(4,5)13-11-18/h15-16,18-19,23H,6-14,17H2,1-5H3/t23-/m0/s1. The highest BCUT2D eigenvalue weighted by Crippen LogP contribution is 2.46. The van der Waals surface area contributed by atoms with Crippen LogP contribution in [0.15, 0.2) is 12.1 Å². The fraction of sp³-hybridized carbons (Fsp3) is 0.714. The predicted octanol–water partition coefficient (Wildman–Crippen LogP) is 6.24. The fourth-order valence-electron chi connectivity index (χ4n) is 5.19. The number of carbonyl (C=O) groups excluding carboxylic acids is 2. The molecule has 2 aliphatic carbocycles. The van der Waals surface area contributed by atoms with Gasteiger partial charge in [-0.25, -0.2) is 9.18 Å². The van der Waals surface area contributed by atoms with E-state index < -0.39 is 29.3 Å². The largest absolute Gasteiger partial charge is 0.493 e. The van der Waals surface area contributed by atoms with Gasteiger partial charge in [0.2, 0.25) is 0 Å². The first-order valence-electron chi connectivity index (χ1n) is 12.9. The number of amides is 1. The molecule has 3 aliphatic rings. The van der Waals surface area contributed by atoms with Gasteiger partial charge >= 0.3 is 5.97 Å². The van der Waals surface area contributed by atoms with Crippen LogP contribution in [-0.4, -0.2) is 41.6 Å². The number of carbonyl (C=O) groups is 2. The molecule has 1 heterocycles. The Morgan fingerprint density at radius 1 is 1.09 bits per heavy atom. The van der Waals surface area contributed by atoms with Gasteiger partial charge in [0.25, 0.3) is 5.91 Å². The van der Waals surface area contributed by atoms with Crippen LogP contribution < -0.4 is 4.74 Å². The van der Waals surface area contributed by atoms with Crippen LogP contribution in [0.4, 0.5) is 4.39 Å². The third-order valence-electron chi connectivity index (χ3n) is 7.47. The van der Waals surface area contributed by atoms with Gasteiger partial charge in [-0.15, -0.1) is 0 Å². The molecule has 1 aromatic rings. The smallest absolute Gasteiger partial charge is 0.329 e. The number of esters is 1. The van der Waals surface area contributed by atoms with E-state index in [2.05, 4.69) is 13.8 Å². The number of hydrogen-bond acceptors (Lipinski definition) is 4. The molecule has 188 valence electrons. The van der Waals surface area contributed by atoms with Crippen LogP contribution in [-0.2, 0) is 9.53 Å². The summed E-state index contributed by atoms with van der Waals surface area (Å²) in [5, 5.41) is 0. The number of ether oxygens (including phenoxy) is 2. The van der Waals surface area contributed by atoms with Crippen molar-refractivity contribution in [2.45, 2.75) is 104 Å². The molecule has 1 atom stereocenters. The minimum Gasteiger partial charge on any atom is -0.493 e. The highest BCUT2D eigenvalue weighted by atomic mass is 19.1. The summed E-state index contributed by atoms with van der Waals surface area (Å²) >= 11 is 0. The highest BCUT2D eigenvalue weighted by Gasteiger charge is 2.39. The summed E-state index contributed by atoms with van der Waals surface area (Å²) in [6.07, 6.45) is 7.93. The predicted molar refractivity (Wildman–Crippen MR) is 130 cm³/mol. The summed E-state index contributed by atoms with van der Waals surface area (Å²) in [5.74, 6) is -0.0579. The van der Waals surface area contributed by atoms with Crippen molar-refractivity contribution in [3.05, 3.63) is 29.1 Å². The number of benzene rings is 1. The third-order valence-corrected chi connectivity index (χ3v) is 7.47. The van der Waals surface area contributed by atoms with Crippen molar-refractivity contribution in [3.63, 3.8) is 0 Å². The summed E-state index contributed by atoms with van der Waals surface area (Å²) in [7, 11) is 0. The van der Waals surface area contributed by atoms with Crippen LogP contribution in [0.25, 0.3) is 0 Å². The Labute approximate surface area is 203 Å². The Bertz CT molecular complexity index is 921. The average Bonchev–Trinajstić information content (AvgIpc) is 3.46. The minimum atomic E-state index is -0.665. The Morgan fingerprint density at radius 2 is 1.76 bits per heavy atom. The molecule has 0 bridgehead atoms. The first-order chi connectivity index (χ1) is 15.9. The SMILES string of the molecule is CC1(C)CCC(COc2cc(F)c(C(=O)N3CCC[C@H]3C(=O)OC(C)(C)C)cc2C2CC2)CC1. The Balaban J connectivity index is 1.49. The molecule has 2 saturated carbocycles. The summed E-state index contributed by atoms with van der Waals surface area (Å²) in [6.45, 7) is 11.1. The van der Waals surface area contributed by atoms with E-state index in [1.807, 2.05) is 0 Å². The van der Waals surface area contributed by atoms with Crippen molar-refractivity contribution < 1.29 is 23.5 Å². The molecule has 0 N–H and O–H groups in total. The molecule has 3 fully saturated rings. The number of likely N-dealkylation sites (tertiary alicyclic amines) is 1. The van der Waals surface area contributed by atoms with Crippen LogP contribution in [0.2, 0.25) is 0 Å². The maximum absolute atomic E-state index is 15.2. The van der Waals surface area contributed by atoms with Gasteiger partial charge in [-0.1, -0.05) is 13.8 Å². The van der Waals surface area contributed by atoms with E-state index in [0.717, 1.165) is 31.2 Å². The molecule has 0 unspecified atom stereocenters. The zero-order valence-electron chi connectivity index (χ0n) is 21.4. The first-order valence-corrected chi connectivity index (χ1v) is 12.9. The lowest BCUT2D eigenvalue weighted by atomic mass is 9.73. The van der Waals surface area contributed by atoms with E-state index >= 15 is 4.39 Å². The van der Waals surface area contributed by atoms with Crippen LogP contribution in [0.1, 0.15) is 108 Å². The molecule has 5 nitrogen and oxygen atoms in total. The molecule has 6 heteroatoms. The minimum absolute atomic E-state index is 0.0316. The van der Waals surface area contributed by atoms with Crippen molar-refractivity contribution in [2.75, 3.05) is 13.2 Å². The van der Waals surface area contributed by atoms with Crippen molar-refractivity contribution in [3.8, 4) is 5.75 Å². The van der Waals surface area contributed by atoms with E-state index in [0.29, 0.717) is 49.0 Å². The summed E-state index contributed by atoms with van der Waals surface area (Å²) in [5.41, 5.74) is 0.723. The van der Waals surface area contributed by atoms with Gasteiger partial charge < -0.3 is 14.4 Å². The van der Waals surface area contributed by atoms with Crippen LogP contribution in [0.3, 0.4) is 0 Å². The molecule has 4 rings (SSSR count). The molecule has 0 aromatic heterocycles. The zero-order valence-corrected chi connectivity index (χ0v) is 21.4. The van der Waals surface area contributed by atoms with Crippen molar-refractivity contribution >= 4 is 11.9 Å². The van der Waals surface area contributed by atoms with Gasteiger partial charge in [-0.05, 0) is 101 Å². The maximum Gasteiger partial charge on any atom is 0.329 e. The van der Waals surface area contributed by atoms with Crippen LogP contribution >= 0.6 is 0 Å². The summed E-state index contributed by atoms with van der Waals surface area (Å²) in [6, 6.07) is 2.41. The van der Waals surface area contributed by atoms with Crippen LogP contribution in [0, 0.1) is 17.2 Å². The molecular weight excluding hydrogens is 433 g/mol. The monoisotopic (exact) mass is 473 g/mol. The van der Waals surface area contributed by atoms with Gasteiger partial charge in [-0.3, -0.25) is 4.79 Å². The van der Waals surface area contributed by atoms with E-state index in [1.165, 1.54) is 23.8 Å². The van der Waals surface area contributed by atoms with Gasteiger partial charge in [0.05, 0.1) is 12.2 Å². The number of nitrogens with zero attached hydrogens (tertiary/aromatic N) is 1. The van der Waals surface area contributed by atoms with Crippen LogP contribution in [0.5, 0.6) is 5.75 Å². The maximum atomic E-state index is 15.2. The number of rotatable bonds is 6. The molecule has 0 radical (unpaired) electrons. The molecule has 34 heavy (non-hydrogen) atoms. The molecule has 1 aromatic carbocycles.